The van der Waals surface area contributed by atoms with Gasteiger partial charge >= 0.3 is 0 Å². The Bertz CT molecular complexity index is 935. The van der Waals surface area contributed by atoms with E-state index in [1.165, 1.54) is 10.9 Å². The number of carbonyl (C=O) groups excluding carboxylic acids is 1. The molecule has 1 atom stereocenters. The zero-order valence-corrected chi connectivity index (χ0v) is 14.7. The van der Waals surface area contributed by atoms with E-state index >= 15 is 0 Å². The number of carbonyl (C=O) groups is 1. The van der Waals surface area contributed by atoms with Crippen molar-refractivity contribution in [2.75, 3.05) is 0 Å². The summed E-state index contributed by atoms with van der Waals surface area (Å²) in [6.45, 7) is 1.85. The summed E-state index contributed by atoms with van der Waals surface area (Å²) in [5, 5.41) is 3.41. The third kappa shape index (κ3) is 3.54. The van der Waals surface area contributed by atoms with Crippen molar-refractivity contribution in [1.82, 2.24) is 14.9 Å². The Morgan fingerprint density at radius 3 is 2.67 bits per heavy atom. The Kier molecular flexibility index (Phi) is 4.76. The molecule has 0 saturated heterocycles. The van der Waals surface area contributed by atoms with Gasteiger partial charge in [-0.15, -0.1) is 0 Å². The molecular weight excluding hydrogens is 370 g/mol. The summed E-state index contributed by atoms with van der Waals surface area (Å²) in [5.74, 6) is -0.232. The van der Waals surface area contributed by atoms with E-state index in [-0.39, 0.29) is 24.1 Å². The summed E-state index contributed by atoms with van der Waals surface area (Å²) in [4.78, 5) is 28.9. The van der Waals surface area contributed by atoms with Crippen LogP contribution in [0, 0.1) is 0 Å². The van der Waals surface area contributed by atoms with Crippen LogP contribution in [0.15, 0.2) is 64.1 Å². The summed E-state index contributed by atoms with van der Waals surface area (Å²) < 4.78 is 2.31. The molecule has 122 valence electrons. The van der Waals surface area contributed by atoms with Crippen molar-refractivity contribution in [2.45, 2.75) is 19.5 Å². The standard InChI is InChI=1S/C18H16BrN3O2/c1-12(13-6-8-14(19)9-7-13)21-17(23)10-22-11-20-16-5-3-2-4-15(16)18(22)24/h2-9,11-12H,10H2,1H3,(H,21,23)/t12-/m1/s1. The highest BCUT2D eigenvalue weighted by atomic mass is 79.9. The smallest absolute Gasteiger partial charge is 0.261 e. The second kappa shape index (κ2) is 6.97. The summed E-state index contributed by atoms with van der Waals surface area (Å²) >= 11 is 3.38. The molecule has 1 amide bonds. The van der Waals surface area contributed by atoms with E-state index in [0.29, 0.717) is 10.9 Å². The predicted octanol–water partition coefficient (Wildman–Crippen LogP) is 3.04. The molecule has 0 saturated carbocycles. The third-order valence-electron chi connectivity index (χ3n) is 3.79. The zero-order valence-electron chi connectivity index (χ0n) is 13.1. The first-order chi connectivity index (χ1) is 11.5. The molecule has 0 bridgehead atoms. The van der Waals surface area contributed by atoms with Crippen LogP contribution in [0.5, 0.6) is 0 Å². The summed E-state index contributed by atoms with van der Waals surface area (Å²) in [5.41, 5.74) is 1.41. The van der Waals surface area contributed by atoms with Gasteiger partial charge in [0.05, 0.1) is 23.3 Å². The molecule has 5 nitrogen and oxygen atoms in total. The van der Waals surface area contributed by atoms with Crippen molar-refractivity contribution in [3.8, 4) is 0 Å². The lowest BCUT2D eigenvalue weighted by molar-refractivity contribution is -0.122. The molecule has 3 rings (SSSR count). The molecule has 0 unspecified atom stereocenters. The van der Waals surface area contributed by atoms with Gasteiger partial charge in [0.25, 0.3) is 5.56 Å². The minimum Gasteiger partial charge on any atom is -0.348 e. The molecule has 2 aromatic carbocycles. The van der Waals surface area contributed by atoms with Crippen LogP contribution in [0.1, 0.15) is 18.5 Å². The van der Waals surface area contributed by atoms with Gasteiger partial charge in [0, 0.05) is 4.47 Å². The van der Waals surface area contributed by atoms with Crippen molar-refractivity contribution >= 4 is 32.7 Å². The zero-order chi connectivity index (χ0) is 17.1. The van der Waals surface area contributed by atoms with Gasteiger partial charge in [-0.25, -0.2) is 4.98 Å². The maximum absolute atomic E-state index is 12.4. The Morgan fingerprint density at radius 2 is 1.92 bits per heavy atom. The first-order valence-electron chi connectivity index (χ1n) is 7.53. The number of nitrogens with one attached hydrogen (secondary N) is 1. The van der Waals surface area contributed by atoms with Gasteiger partial charge in [-0.3, -0.25) is 14.2 Å². The SMILES string of the molecule is C[C@@H](NC(=O)Cn1cnc2ccccc2c1=O)c1ccc(Br)cc1. The number of halogens is 1. The summed E-state index contributed by atoms with van der Waals surface area (Å²) in [6, 6.07) is 14.7. The van der Waals surface area contributed by atoms with Crippen LogP contribution >= 0.6 is 15.9 Å². The van der Waals surface area contributed by atoms with E-state index in [1.807, 2.05) is 37.3 Å². The highest BCUT2D eigenvalue weighted by Crippen LogP contribution is 2.16. The average Bonchev–Trinajstić information content (AvgIpc) is 2.58. The highest BCUT2D eigenvalue weighted by molar-refractivity contribution is 9.10. The number of aromatic nitrogens is 2. The monoisotopic (exact) mass is 385 g/mol. The molecule has 0 aliphatic carbocycles. The van der Waals surface area contributed by atoms with Gasteiger partial charge in [-0.2, -0.15) is 0 Å². The number of nitrogens with zero attached hydrogens (tertiary/aromatic N) is 2. The molecule has 1 aromatic heterocycles. The highest BCUT2D eigenvalue weighted by Gasteiger charge is 2.12. The van der Waals surface area contributed by atoms with Crippen molar-refractivity contribution in [1.29, 1.82) is 0 Å². The maximum Gasteiger partial charge on any atom is 0.261 e. The van der Waals surface area contributed by atoms with Gasteiger partial charge in [-0.05, 0) is 36.8 Å². The molecule has 0 aliphatic heterocycles. The number of para-hydroxylation sites is 1. The van der Waals surface area contributed by atoms with Gasteiger partial charge in [0.15, 0.2) is 0 Å². The number of hydrogen-bond acceptors (Lipinski definition) is 3. The summed E-state index contributed by atoms with van der Waals surface area (Å²) in [7, 11) is 0. The quantitative estimate of drug-likeness (QED) is 0.750. The molecule has 3 aromatic rings. The van der Waals surface area contributed by atoms with Gasteiger partial charge in [-0.1, -0.05) is 40.2 Å². The van der Waals surface area contributed by atoms with Gasteiger partial charge < -0.3 is 5.32 Å². The van der Waals surface area contributed by atoms with Crippen LogP contribution in [0.2, 0.25) is 0 Å². The molecule has 0 aliphatic rings. The first kappa shape index (κ1) is 16.4. The van der Waals surface area contributed by atoms with Gasteiger partial charge in [0.2, 0.25) is 5.91 Å². The van der Waals surface area contributed by atoms with E-state index in [9.17, 15) is 9.59 Å². The van der Waals surface area contributed by atoms with Crippen LogP contribution in [0.3, 0.4) is 0 Å². The first-order valence-corrected chi connectivity index (χ1v) is 8.33. The Labute approximate surface area is 147 Å². The van der Waals surface area contributed by atoms with Crippen LogP contribution in [-0.4, -0.2) is 15.5 Å². The minimum absolute atomic E-state index is 0.0580. The summed E-state index contributed by atoms with van der Waals surface area (Å²) in [6.07, 6.45) is 1.41. The van der Waals surface area contributed by atoms with Crippen molar-refractivity contribution in [2.24, 2.45) is 0 Å². The Morgan fingerprint density at radius 1 is 1.21 bits per heavy atom. The second-order valence-corrected chi connectivity index (χ2v) is 6.45. The van der Waals surface area contributed by atoms with E-state index < -0.39 is 0 Å². The fraction of sp³-hybridized carbons (Fsp3) is 0.167. The van der Waals surface area contributed by atoms with Crippen molar-refractivity contribution < 1.29 is 4.79 Å². The fourth-order valence-corrected chi connectivity index (χ4v) is 2.76. The molecule has 0 radical (unpaired) electrons. The van der Waals surface area contributed by atoms with E-state index in [1.54, 1.807) is 18.2 Å². The Balaban J connectivity index is 1.74. The van der Waals surface area contributed by atoms with Crippen molar-refractivity contribution in [3.05, 3.63) is 75.2 Å². The molecule has 0 spiro atoms. The van der Waals surface area contributed by atoms with E-state index in [4.69, 9.17) is 0 Å². The Hall–Kier alpha value is -2.47. The minimum atomic E-state index is -0.232. The topological polar surface area (TPSA) is 64.0 Å². The molecule has 0 fully saturated rings. The van der Waals surface area contributed by atoms with Crippen LogP contribution in [0.25, 0.3) is 10.9 Å². The normalized spacial score (nSPS) is 12.1. The number of hydrogen-bond donors (Lipinski definition) is 1. The average molecular weight is 386 g/mol. The second-order valence-electron chi connectivity index (χ2n) is 5.54. The lowest BCUT2D eigenvalue weighted by Crippen LogP contribution is -2.33. The predicted molar refractivity (Wildman–Crippen MR) is 96.7 cm³/mol. The van der Waals surface area contributed by atoms with E-state index in [2.05, 4.69) is 26.2 Å². The molecular formula is C18H16BrN3O2. The largest absolute Gasteiger partial charge is 0.348 e. The molecule has 24 heavy (non-hydrogen) atoms. The lowest BCUT2D eigenvalue weighted by atomic mass is 10.1. The number of rotatable bonds is 4. The van der Waals surface area contributed by atoms with Crippen LogP contribution in [-0.2, 0) is 11.3 Å². The lowest BCUT2D eigenvalue weighted by Gasteiger charge is -2.15. The van der Waals surface area contributed by atoms with E-state index in [0.717, 1.165) is 10.0 Å². The van der Waals surface area contributed by atoms with Crippen LogP contribution < -0.4 is 10.9 Å². The molecule has 6 heteroatoms. The molecule has 1 N–H and O–H groups in total. The number of amides is 1. The van der Waals surface area contributed by atoms with Crippen molar-refractivity contribution in [3.63, 3.8) is 0 Å². The van der Waals surface area contributed by atoms with Gasteiger partial charge in [0.1, 0.15) is 6.54 Å². The number of benzene rings is 2. The number of fused-ring (bicyclic) bond motifs is 1. The van der Waals surface area contributed by atoms with Crippen LogP contribution in [0.4, 0.5) is 0 Å². The fourth-order valence-electron chi connectivity index (χ4n) is 2.50. The third-order valence-corrected chi connectivity index (χ3v) is 4.32. The maximum atomic E-state index is 12.4. The molecule has 1 heterocycles.